The summed E-state index contributed by atoms with van der Waals surface area (Å²) in [6, 6.07) is 9.03. The molecule has 1 N–H and O–H groups in total. The van der Waals surface area contributed by atoms with E-state index in [0.29, 0.717) is 24.4 Å². The van der Waals surface area contributed by atoms with Crippen LogP contribution in [0.4, 0.5) is 0 Å². The molecular formula is C15H15BrClN3O3. The van der Waals surface area contributed by atoms with Crippen LogP contribution in [0.1, 0.15) is 23.3 Å². The highest BCUT2D eigenvalue weighted by molar-refractivity contribution is 9.10. The number of aromatic nitrogens is 2. The zero-order valence-electron chi connectivity index (χ0n) is 12.2. The van der Waals surface area contributed by atoms with Crippen LogP contribution in [0.3, 0.4) is 0 Å². The van der Waals surface area contributed by atoms with E-state index >= 15 is 0 Å². The minimum absolute atomic E-state index is 0.204. The Hall–Kier alpha value is -1.86. The fourth-order valence-electron chi connectivity index (χ4n) is 1.75. The zero-order valence-corrected chi connectivity index (χ0v) is 14.5. The molecule has 23 heavy (non-hydrogen) atoms. The summed E-state index contributed by atoms with van der Waals surface area (Å²) in [6.45, 7) is 0.579. The largest absolute Gasteiger partial charge is 0.471 e. The predicted molar refractivity (Wildman–Crippen MR) is 89.4 cm³/mol. The molecule has 0 radical (unpaired) electrons. The molecule has 0 aliphatic carbocycles. The third kappa shape index (κ3) is 6.03. The summed E-state index contributed by atoms with van der Waals surface area (Å²) in [5.74, 6) is 0.412. The molecule has 8 heteroatoms. The Morgan fingerprint density at radius 3 is 2.70 bits per heavy atom. The Balaban J connectivity index is 1.79. The van der Waals surface area contributed by atoms with Gasteiger partial charge >= 0.3 is 0 Å². The maximum Gasteiger partial charge on any atom is 0.271 e. The Kier molecular flexibility index (Phi) is 6.61. The third-order valence-electron chi connectivity index (χ3n) is 2.89. The number of carbonyl (C=O) groups excluding carboxylic acids is 2. The molecular weight excluding hydrogens is 386 g/mol. The van der Waals surface area contributed by atoms with Gasteiger partial charge in [0.25, 0.3) is 5.91 Å². The Bertz CT molecular complexity index is 673. The monoisotopic (exact) mass is 399 g/mol. The zero-order chi connectivity index (χ0) is 16.7. The molecule has 0 aliphatic heterocycles. The van der Waals surface area contributed by atoms with Crippen molar-refractivity contribution in [1.29, 1.82) is 0 Å². The maximum absolute atomic E-state index is 11.9. The lowest BCUT2D eigenvalue weighted by Gasteiger charge is -2.06. The van der Waals surface area contributed by atoms with Gasteiger partial charge in [0, 0.05) is 23.6 Å². The lowest BCUT2D eigenvalue weighted by atomic mass is 10.3. The fraction of sp³-hybridized carbons (Fsp3) is 0.267. The van der Waals surface area contributed by atoms with Crippen molar-refractivity contribution < 1.29 is 14.3 Å². The Morgan fingerprint density at radius 1 is 1.26 bits per heavy atom. The SMILES string of the molecule is O=C(Cl)CCCNC(=O)c1ccn(COc2ccc(Br)cc2)n1. The van der Waals surface area contributed by atoms with Gasteiger partial charge in [0.15, 0.2) is 6.73 Å². The molecule has 0 atom stereocenters. The second-order valence-electron chi connectivity index (χ2n) is 4.68. The minimum Gasteiger partial charge on any atom is -0.471 e. The standard InChI is InChI=1S/C15H15BrClN3O3/c16-11-3-5-12(6-4-11)23-10-20-9-7-13(19-20)15(22)18-8-1-2-14(17)21/h3-7,9H,1-2,8,10H2,(H,18,22). The van der Waals surface area contributed by atoms with Gasteiger partial charge in [-0.15, -0.1) is 0 Å². The van der Waals surface area contributed by atoms with Gasteiger partial charge in [0.05, 0.1) is 0 Å². The fourth-order valence-corrected chi connectivity index (χ4v) is 2.14. The van der Waals surface area contributed by atoms with Crippen LogP contribution in [0.2, 0.25) is 0 Å². The summed E-state index contributed by atoms with van der Waals surface area (Å²) in [6.07, 6.45) is 2.40. The van der Waals surface area contributed by atoms with Crippen LogP contribution < -0.4 is 10.1 Å². The highest BCUT2D eigenvalue weighted by Crippen LogP contribution is 2.16. The molecule has 1 aromatic carbocycles. The van der Waals surface area contributed by atoms with Gasteiger partial charge in [-0.1, -0.05) is 15.9 Å². The Labute approximate surface area is 146 Å². The molecule has 1 amide bonds. The van der Waals surface area contributed by atoms with Gasteiger partial charge in [-0.3, -0.25) is 9.59 Å². The highest BCUT2D eigenvalue weighted by atomic mass is 79.9. The van der Waals surface area contributed by atoms with Crippen LogP contribution in [0.5, 0.6) is 5.75 Å². The first-order valence-corrected chi connectivity index (χ1v) is 8.10. The van der Waals surface area contributed by atoms with Crippen LogP contribution in [0.15, 0.2) is 41.0 Å². The molecule has 0 fully saturated rings. The molecule has 2 aromatic rings. The van der Waals surface area contributed by atoms with Gasteiger partial charge in [0.2, 0.25) is 5.24 Å². The number of rotatable bonds is 8. The van der Waals surface area contributed by atoms with Crippen molar-refractivity contribution in [3.05, 3.63) is 46.7 Å². The van der Waals surface area contributed by atoms with Gasteiger partial charge in [-0.05, 0) is 48.4 Å². The normalized spacial score (nSPS) is 10.3. The topological polar surface area (TPSA) is 73.2 Å². The molecule has 1 aromatic heterocycles. The van der Waals surface area contributed by atoms with Crippen LogP contribution in [0.25, 0.3) is 0 Å². The van der Waals surface area contributed by atoms with E-state index in [1.54, 1.807) is 12.3 Å². The smallest absolute Gasteiger partial charge is 0.271 e. The van der Waals surface area contributed by atoms with Gasteiger partial charge in [-0.2, -0.15) is 5.10 Å². The molecule has 0 spiro atoms. The van der Waals surface area contributed by atoms with E-state index in [1.807, 2.05) is 24.3 Å². The summed E-state index contributed by atoms with van der Waals surface area (Å²) in [7, 11) is 0. The number of carbonyl (C=O) groups is 2. The van der Waals surface area contributed by atoms with E-state index in [4.69, 9.17) is 16.3 Å². The van der Waals surface area contributed by atoms with E-state index in [2.05, 4.69) is 26.3 Å². The van der Waals surface area contributed by atoms with Crippen LogP contribution in [-0.2, 0) is 11.5 Å². The van der Waals surface area contributed by atoms with Crippen molar-refractivity contribution in [2.45, 2.75) is 19.6 Å². The summed E-state index contributed by atoms with van der Waals surface area (Å²) < 4.78 is 8.06. The first kappa shape index (κ1) is 17.5. The van der Waals surface area contributed by atoms with Gasteiger partial charge < -0.3 is 10.1 Å². The van der Waals surface area contributed by atoms with Crippen LogP contribution >= 0.6 is 27.5 Å². The average molecular weight is 401 g/mol. The number of nitrogens with zero attached hydrogens (tertiary/aromatic N) is 2. The minimum atomic E-state index is -0.409. The van der Waals surface area contributed by atoms with Gasteiger partial charge in [-0.25, -0.2) is 4.68 Å². The van der Waals surface area contributed by atoms with Crippen molar-refractivity contribution in [1.82, 2.24) is 15.1 Å². The quantitative estimate of drug-likeness (QED) is 0.546. The summed E-state index contributed by atoms with van der Waals surface area (Å²) in [4.78, 5) is 22.5. The van der Waals surface area contributed by atoms with E-state index in [-0.39, 0.29) is 19.1 Å². The van der Waals surface area contributed by atoms with Crippen LogP contribution in [-0.4, -0.2) is 27.5 Å². The predicted octanol–water partition coefficient (Wildman–Crippen LogP) is 2.96. The van der Waals surface area contributed by atoms with Crippen molar-refractivity contribution in [3.8, 4) is 5.75 Å². The molecule has 0 saturated heterocycles. The van der Waals surface area contributed by atoms with Crippen molar-refractivity contribution >= 4 is 38.7 Å². The molecule has 0 unspecified atom stereocenters. The second-order valence-corrected chi connectivity index (χ2v) is 6.02. The lowest BCUT2D eigenvalue weighted by molar-refractivity contribution is -0.111. The van der Waals surface area contributed by atoms with Crippen molar-refractivity contribution in [3.63, 3.8) is 0 Å². The molecule has 0 saturated carbocycles. The molecule has 0 bridgehead atoms. The average Bonchev–Trinajstić information content (AvgIpc) is 3.00. The lowest BCUT2D eigenvalue weighted by Crippen LogP contribution is -2.25. The second kappa shape index (κ2) is 8.69. The number of benzene rings is 1. The van der Waals surface area contributed by atoms with Gasteiger partial charge in [0.1, 0.15) is 11.4 Å². The van der Waals surface area contributed by atoms with E-state index in [1.165, 1.54) is 4.68 Å². The number of hydrogen-bond acceptors (Lipinski definition) is 4. The summed E-state index contributed by atoms with van der Waals surface area (Å²) in [5, 5.41) is 6.40. The van der Waals surface area contributed by atoms with Crippen LogP contribution in [0, 0.1) is 0 Å². The number of nitrogens with one attached hydrogen (secondary N) is 1. The first-order chi connectivity index (χ1) is 11.0. The third-order valence-corrected chi connectivity index (χ3v) is 3.60. The van der Waals surface area contributed by atoms with E-state index in [0.717, 1.165) is 4.47 Å². The Morgan fingerprint density at radius 2 is 2.00 bits per heavy atom. The molecule has 1 heterocycles. The summed E-state index contributed by atoms with van der Waals surface area (Å²) in [5.41, 5.74) is 0.293. The highest BCUT2D eigenvalue weighted by Gasteiger charge is 2.09. The molecule has 6 nitrogen and oxygen atoms in total. The van der Waals surface area contributed by atoms with Crippen molar-refractivity contribution in [2.24, 2.45) is 0 Å². The number of halogens is 2. The van der Waals surface area contributed by atoms with Crippen molar-refractivity contribution in [2.75, 3.05) is 6.54 Å². The number of amides is 1. The van der Waals surface area contributed by atoms with E-state index in [9.17, 15) is 9.59 Å². The number of ether oxygens (including phenoxy) is 1. The number of hydrogen-bond donors (Lipinski definition) is 1. The van der Waals surface area contributed by atoms with E-state index < -0.39 is 5.24 Å². The molecule has 122 valence electrons. The first-order valence-electron chi connectivity index (χ1n) is 6.93. The molecule has 0 aliphatic rings. The molecule has 2 rings (SSSR count). The summed E-state index contributed by atoms with van der Waals surface area (Å²) >= 11 is 8.57. The maximum atomic E-state index is 11.9.